The van der Waals surface area contributed by atoms with Gasteiger partial charge in [-0.3, -0.25) is 9.58 Å². The van der Waals surface area contributed by atoms with Crippen molar-refractivity contribution < 1.29 is 14.3 Å². The molecule has 3 aromatic heterocycles. The number of benzene rings is 1. The van der Waals surface area contributed by atoms with E-state index in [0.717, 1.165) is 68.4 Å². The van der Waals surface area contributed by atoms with Crippen LogP contribution in [0.4, 0.5) is 22.5 Å². The Bertz CT molecular complexity index is 1710. The van der Waals surface area contributed by atoms with Crippen LogP contribution in [-0.4, -0.2) is 80.3 Å². The fourth-order valence-corrected chi connectivity index (χ4v) is 6.33. The molecule has 0 bridgehead atoms. The van der Waals surface area contributed by atoms with E-state index in [1.54, 1.807) is 23.5 Å². The average Bonchev–Trinajstić information content (AvgIpc) is 3.62. The first kappa shape index (κ1) is 31.5. The van der Waals surface area contributed by atoms with Gasteiger partial charge in [-0.1, -0.05) is 30.3 Å². The van der Waals surface area contributed by atoms with Crippen LogP contribution in [0.25, 0.3) is 11.1 Å². The smallest absolute Gasteiger partial charge is 0.324 e. The molecule has 0 unspecified atom stereocenters. The topological polar surface area (TPSA) is 168 Å². The monoisotopic (exact) mass is 649 g/mol. The Morgan fingerprint density at radius 2 is 1.67 bits per heavy atom. The summed E-state index contributed by atoms with van der Waals surface area (Å²) in [6.07, 6.45) is 13.9. The molecule has 48 heavy (non-hydrogen) atoms. The molecule has 0 atom stereocenters. The van der Waals surface area contributed by atoms with E-state index in [-0.39, 0.29) is 24.2 Å². The van der Waals surface area contributed by atoms with Gasteiger partial charge in [-0.05, 0) is 44.1 Å². The largest absolute Gasteiger partial charge is 0.381 e. The van der Waals surface area contributed by atoms with Crippen molar-refractivity contribution in [3.05, 3.63) is 72.4 Å². The summed E-state index contributed by atoms with van der Waals surface area (Å²) in [6.45, 7) is 3.07. The Morgan fingerprint density at radius 3 is 2.38 bits per heavy atom. The maximum Gasteiger partial charge on any atom is 0.324 e. The van der Waals surface area contributed by atoms with E-state index in [1.165, 1.54) is 0 Å². The lowest BCUT2D eigenvalue weighted by Crippen LogP contribution is -2.49. The quantitative estimate of drug-likeness (QED) is 0.224. The van der Waals surface area contributed by atoms with Crippen molar-refractivity contribution in [1.29, 1.82) is 5.26 Å². The predicted molar refractivity (Wildman–Crippen MR) is 178 cm³/mol. The van der Waals surface area contributed by atoms with Crippen LogP contribution in [0, 0.1) is 11.3 Å². The van der Waals surface area contributed by atoms with E-state index in [4.69, 9.17) is 19.4 Å². The van der Waals surface area contributed by atoms with Gasteiger partial charge >= 0.3 is 6.03 Å². The van der Waals surface area contributed by atoms with Crippen LogP contribution in [0.3, 0.4) is 0 Å². The van der Waals surface area contributed by atoms with E-state index in [1.807, 2.05) is 47.4 Å². The van der Waals surface area contributed by atoms with Gasteiger partial charge in [-0.2, -0.15) is 15.3 Å². The number of hydrogen-bond acceptors (Lipinski definition) is 11. The highest BCUT2D eigenvalue weighted by Crippen LogP contribution is 2.29. The van der Waals surface area contributed by atoms with Crippen LogP contribution in [0.1, 0.15) is 55.7 Å². The molecule has 1 aromatic carbocycles. The molecule has 2 amide bonds. The highest BCUT2D eigenvalue weighted by molar-refractivity contribution is 5.90. The predicted octanol–water partition coefficient (Wildman–Crippen LogP) is 4.30. The molecule has 248 valence electrons. The number of hydrogen-bond donors (Lipinski definition) is 3. The third-order valence-corrected chi connectivity index (χ3v) is 9.14. The van der Waals surface area contributed by atoms with Crippen molar-refractivity contribution in [2.24, 2.45) is 0 Å². The van der Waals surface area contributed by atoms with Crippen molar-refractivity contribution in [3.63, 3.8) is 0 Å². The molecule has 1 aliphatic carbocycles. The van der Waals surface area contributed by atoms with Crippen LogP contribution >= 0.6 is 0 Å². The lowest BCUT2D eigenvalue weighted by Gasteiger charge is -2.36. The first-order valence-electron chi connectivity index (χ1n) is 16.6. The minimum atomic E-state index is -0.235. The van der Waals surface area contributed by atoms with Crippen molar-refractivity contribution in [2.45, 2.75) is 69.2 Å². The number of aromatic nitrogens is 6. The van der Waals surface area contributed by atoms with Gasteiger partial charge in [-0.15, -0.1) is 0 Å². The number of carbonyl (C=O) groups is 1. The number of urea groups is 1. The van der Waals surface area contributed by atoms with Crippen molar-refractivity contribution in [2.75, 3.05) is 42.0 Å². The fourth-order valence-electron chi connectivity index (χ4n) is 6.33. The zero-order valence-electron chi connectivity index (χ0n) is 26.7. The molecular weight excluding hydrogens is 610 g/mol. The second-order valence-corrected chi connectivity index (χ2v) is 12.4. The second-order valence-electron chi connectivity index (χ2n) is 12.4. The molecule has 7 rings (SSSR count). The lowest BCUT2D eigenvalue weighted by atomic mass is 9.90. The van der Waals surface area contributed by atoms with E-state index >= 15 is 0 Å². The van der Waals surface area contributed by atoms with Gasteiger partial charge in [-0.25, -0.2) is 19.7 Å². The molecular formula is C34H39N11O3. The average molecular weight is 650 g/mol. The summed E-state index contributed by atoms with van der Waals surface area (Å²) in [5.41, 5.74) is 3.19. The number of amides is 2. The standard InChI is InChI=1S/C34H39N11O3/c35-14-24-16-36-32(43-31(24)41-28-21-48-22-28)42-27-6-8-30(9-7-27)45(34(46)39-15-23-4-2-1-3-5-23)33-37-17-25(18-38-33)26-19-40-44(20-26)29-10-12-47-13-11-29/h1-5,16-20,27-30H,6-13,15,21-22H2,(H,39,46)(H2,36,41,42,43)/t27-,30-. The van der Waals surface area contributed by atoms with E-state index in [9.17, 15) is 10.1 Å². The molecule has 1 saturated carbocycles. The molecule has 4 aromatic rings. The van der Waals surface area contributed by atoms with Crippen LogP contribution in [0.2, 0.25) is 0 Å². The zero-order chi connectivity index (χ0) is 32.7. The molecule has 3 fully saturated rings. The number of ether oxygens (including phenoxy) is 2. The Balaban J connectivity index is 1.04. The third kappa shape index (κ3) is 7.37. The van der Waals surface area contributed by atoms with Gasteiger partial charge in [0, 0.05) is 61.6 Å². The summed E-state index contributed by atoms with van der Waals surface area (Å²) >= 11 is 0. The Kier molecular flexibility index (Phi) is 9.67. The Labute approximate surface area is 278 Å². The molecule has 0 radical (unpaired) electrons. The third-order valence-electron chi connectivity index (χ3n) is 9.14. The van der Waals surface area contributed by atoms with Gasteiger partial charge < -0.3 is 25.4 Å². The van der Waals surface area contributed by atoms with Gasteiger partial charge in [0.15, 0.2) is 0 Å². The highest BCUT2D eigenvalue weighted by Gasteiger charge is 2.32. The summed E-state index contributed by atoms with van der Waals surface area (Å²) < 4.78 is 12.7. The fraction of sp³-hybridized carbons (Fsp3) is 0.441. The number of carbonyl (C=O) groups excluding carboxylic acids is 1. The molecule has 0 spiro atoms. The van der Waals surface area contributed by atoms with Crippen molar-refractivity contribution >= 4 is 23.7 Å². The molecule has 3 N–H and O–H groups in total. The van der Waals surface area contributed by atoms with Crippen LogP contribution in [0.5, 0.6) is 0 Å². The number of anilines is 3. The molecule has 2 aliphatic heterocycles. The van der Waals surface area contributed by atoms with E-state index in [2.05, 4.69) is 37.1 Å². The molecule has 14 heteroatoms. The van der Waals surface area contributed by atoms with E-state index < -0.39 is 0 Å². The van der Waals surface area contributed by atoms with E-state index in [0.29, 0.717) is 49.1 Å². The first-order chi connectivity index (χ1) is 23.6. The highest BCUT2D eigenvalue weighted by atomic mass is 16.5. The summed E-state index contributed by atoms with van der Waals surface area (Å²) in [5.74, 6) is 1.34. The Hall–Kier alpha value is -5.13. The Morgan fingerprint density at radius 1 is 0.896 bits per heavy atom. The normalized spacial score (nSPS) is 19.9. The minimum Gasteiger partial charge on any atom is -0.381 e. The molecule has 2 saturated heterocycles. The van der Waals surface area contributed by atoms with Crippen LogP contribution in [0.15, 0.2) is 61.3 Å². The maximum atomic E-state index is 13.8. The maximum absolute atomic E-state index is 13.8. The zero-order valence-corrected chi connectivity index (χ0v) is 26.7. The summed E-state index contributed by atoms with van der Waals surface area (Å²) in [4.78, 5) is 33.8. The van der Waals surface area contributed by atoms with Gasteiger partial charge in [0.05, 0.1) is 37.7 Å². The number of nitrogens with one attached hydrogen (secondary N) is 3. The first-order valence-corrected chi connectivity index (χ1v) is 16.6. The van der Waals surface area contributed by atoms with Gasteiger partial charge in [0.2, 0.25) is 11.9 Å². The SMILES string of the molecule is N#Cc1cnc(N[C@H]2CC[C@H](N(C(=O)NCc3ccccc3)c3ncc(-c4cnn(C5CCOCC5)c4)cn3)CC2)nc1NC1COC1. The van der Waals surface area contributed by atoms with Crippen molar-refractivity contribution in [1.82, 2.24) is 35.0 Å². The summed E-state index contributed by atoms with van der Waals surface area (Å²) in [5, 5.41) is 23.9. The molecule has 14 nitrogen and oxygen atoms in total. The van der Waals surface area contributed by atoms with Gasteiger partial charge in [0.25, 0.3) is 0 Å². The summed E-state index contributed by atoms with van der Waals surface area (Å²) in [7, 11) is 0. The molecule has 5 heterocycles. The van der Waals surface area contributed by atoms with Crippen LogP contribution in [-0.2, 0) is 16.0 Å². The number of rotatable bonds is 10. The lowest BCUT2D eigenvalue weighted by molar-refractivity contribution is 0.0209. The second kappa shape index (κ2) is 14.7. The van der Waals surface area contributed by atoms with Crippen LogP contribution < -0.4 is 20.9 Å². The van der Waals surface area contributed by atoms with Gasteiger partial charge in [0.1, 0.15) is 17.5 Å². The number of nitrogens with zero attached hydrogens (tertiary/aromatic N) is 8. The minimum absolute atomic E-state index is 0.0985. The molecule has 3 aliphatic rings. The summed E-state index contributed by atoms with van der Waals surface area (Å²) in [6, 6.07) is 12.2. The number of nitriles is 1. The van der Waals surface area contributed by atoms with Crippen molar-refractivity contribution in [3.8, 4) is 17.2 Å².